The lowest BCUT2D eigenvalue weighted by Crippen LogP contribution is -2.33. The first-order chi connectivity index (χ1) is 6.12. The molecular formula is C10H15NOS. The molecule has 1 amide bonds. The lowest BCUT2D eigenvalue weighted by atomic mass is 10.1. The number of carbonyl (C=O) groups is 1. The predicted octanol–water partition coefficient (Wildman–Crippen LogP) is 1.22. The Morgan fingerprint density at radius 2 is 2.38 bits per heavy atom. The molecule has 2 nitrogen and oxygen atoms in total. The van der Waals surface area contributed by atoms with Gasteiger partial charge in [0.15, 0.2) is 0 Å². The van der Waals surface area contributed by atoms with Crippen LogP contribution in [0.1, 0.15) is 26.2 Å². The first-order valence-corrected chi connectivity index (χ1v) is 5.11. The van der Waals surface area contributed by atoms with E-state index in [0.29, 0.717) is 6.42 Å². The Morgan fingerprint density at radius 3 is 2.77 bits per heavy atom. The number of nitrogens with one attached hydrogen (secondary N) is 1. The number of amides is 1. The molecule has 13 heavy (non-hydrogen) atoms. The molecule has 0 aromatic heterocycles. The Hall–Kier alpha value is -0.620. The molecular weight excluding hydrogens is 182 g/mol. The monoisotopic (exact) mass is 197 g/mol. The maximum absolute atomic E-state index is 11.4. The molecule has 1 rings (SSSR count). The van der Waals surface area contributed by atoms with Crippen LogP contribution >= 0.6 is 12.6 Å². The third-order valence-electron chi connectivity index (χ3n) is 2.46. The van der Waals surface area contributed by atoms with E-state index in [1.807, 2.05) is 0 Å². The molecule has 1 saturated carbocycles. The molecule has 0 aliphatic heterocycles. The SMILES string of the molecule is C#CC(C)NC(=O)CC1(CS)CC1. The molecule has 0 radical (unpaired) electrons. The zero-order valence-electron chi connectivity index (χ0n) is 7.84. The van der Waals surface area contributed by atoms with Gasteiger partial charge in [0.2, 0.25) is 5.91 Å². The number of thiol groups is 1. The average molecular weight is 197 g/mol. The van der Waals surface area contributed by atoms with Gasteiger partial charge >= 0.3 is 0 Å². The van der Waals surface area contributed by atoms with E-state index >= 15 is 0 Å². The zero-order valence-corrected chi connectivity index (χ0v) is 8.73. The quantitative estimate of drug-likeness (QED) is 0.515. The van der Waals surface area contributed by atoms with Gasteiger partial charge in [-0.05, 0) is 30.9 Å². The normalized spacial score (nSPS) is 20.1. The third-order valence-corrected chi connectivity index (χ3v) is 3.13. The molecule has 0 saturated heterocycles. The molecule has 1 atom stereocenters. The lowest BCUT2D eigenvalue weighted by molar-refractivity contribution is -0.122. The molecule has 1 aliphatic rings. The van der Waals surface area contributed by atoms with Crippen molar-refractivity contribution in [3.05, 3.63) is 0 Å². The summed E-state index contributed by atoms with van der Waals surface area (Å²) in [4.78, 5) is 11.4. The molecule has 72 valence electrons. The van der Waals surface area contributed by atoms with E-state index < -0.39 is 0 Å². The van der Waals surface area contributed by atoms with Crippen molar-refractivity contribution >= 4 is 18.5 Å². The van der Waals surface area contributed by atoms with Crippen LogP contribution in [-0.2, 0) is 4.79 Å². The standard InChI is InChI=1S/C10H15NOS/c1-3-8(2)11-9(12)6-10(7-13)4-5-10/h1,8,13H,4-7H2,2H3,(H,11,12). The van der Waals surface area contributed by atoms with Crippen LogP contribution in [0.5, 0.6) is 0 Å². The second-order valence-corrected chi connectivity index (χ2v) is 4.11. The molecule has 1 fully saturated rings. The van der Waals surface area contributed by atoms with Gasteiger partial charge < -0.3 is 5.32 Å². The molecule has 0 aromatic carbocycles. The third kappa shape index (κ3) is 2.96. The maximum atomic E-state index is 11.4. The molecule has 0 bridgehead atoms. The van der Waals surface area contributed by atoms with E-state index in [-0.39, 0.29) is 17.4 Å². The summed E-state index contributed by atoms with van der Waals surface area (Å²) in [6.07, 6.45) is 7.96. The number of terminal acetylenes is 1. The maximum Gasteiger partial charge on any atom is 0.221 e. The zero-order chi connectivity index (χ0) is 9.90. The number of rotatable bonds is 4. The summed E-state index contributed by atoms with van der Waals surface area (Å²) in [6.45, 7) is 1.80. The lowest BCUT2D eigenvalue weighted by Gasteiger charge is -2.12. The van der Waals surface area contributed by atoms with E-state index in [9.17, 15) is 4.79 Å². The fourth-order valence-electron chi connectivity index (χ4n) is 1.24. The van der Waals surface area contributed by atoms with Gasteiger partial charge in [0.25, 0.3) is 0 Å². The van der Waals surface area contributed by atoms with Gasteiger partial charge in [-0.2, -0.15) is 12.6 Å². The van der Waals surface area contributed by atoms with Crippen molar-refractivity contribution in [2.24, 2.45) is 5.41 Å². The minimum atomic E-state index is -0.164. The molecule has 0 spiro atoms. The summed E-state index contributed by atoms with van der Waals surface area (Å²) in [6, 6.07) is -0.164. The van der Waals surface area contributed by atoms with Gasteiger partial charge in [-0.25, -0.2) is 0 Å². The highest BCUT2D eigenvalue weighted by molar-refractivity contribution is 7.80. The minimum absolute atomic E-state index is 0.0528. The highest BCUT2D eigenvalue weighted by Gasteiger charge is 2.42. The van der Waals surface area contributed by atoms with E-state index in [1.165, 1.54) is 0 Å². The Balaban J connectivity index is 2.30. The van der Waals surface area contributed by atoms with Crippen molar-refractivity contribution in [3.8, 4) is 12.3 Å². The van der Waals surface area contributed by atoms with Crippen LogP contribution in [0.4, 0.5) is 0 Å². The van der Waals surface area contributed by atoms with E-state index in [1.54, 1.807) is 6.92 Å². The molecule has 1 unspecified atom stereocenters. The van der Waals surface area contributed by atoms with Crippen LogP contribution in [0.15, 0.2) is 0 Å². The van der Waals surface area contributed by atoms with Crippen molar-refractivity contribution < 1.29 is 4.79 Å². The summed E-state index contributed by atoms with van der Waals surface area (Å²) < 4.78 is 0. The molecule has 0 aromatic rings. The Kier molecular flexibility index (Phi) is 3.27. The van der Waals surface area contributed by atoms with Crippen molar-refractivity contribution in [3.63, 3.8) is 0 Å². The van der Waals surface area contributed by atoms with Crippen molar-refractivity contribution in [1.29, 1.82) is 0 Å². The molecule has 3 heteroatoms. The summed E-state index contributed by atoms with van der Waals surface area (Å²) in [5.41, 5.74) is 0.182. The van der Waals surface area contributed by atoms with Gasteiger partial charge in [0, 0.05) is 6.42 Å². The summed E-state index contributed by atoms with van der Waals surface area (Å²) in [5, 5.41) is 2.75. The molecule has 1 N–H and O–H groups in total. The highest BCUT2D eigenvalue weighted by atomic mass is 32.1. The number of hydrogen-bond donors (Lipinski definition) is 2. The first kappa shape index (κ1) is 10.5. The van der Waals surface area contributed by atoms with Gasteiger partial charge in [-0.3, -0.25) is 4.79 Å². The number of carbonyl (C=O) groups excluding carboxylic acids is 1. The van der Waals surface area contributed by atoms with Crippen LogP contribution in [0.3, 0.4) is 0 Å². The van der Waals surface area contributed by atoms with Crippen molar-refractivity contribution in [2.45, 2.75) is 32.2 Å². The number of hydrogen-bond acceptors (Lipinski definition) is 2. The van der Waals surface area contributed by atoms with Crippen LogP contribution in [-0.4, -0.2) is 17.7 Å². The first-order valence-electron chi connectivity index (χ1n) is 4.48. The van der Waals surface area contributed by atoms with Crippen LogP contribution in [0, 0.1) is 17.8 Å². The average Bonchev–Trinajstić information content (AvgIpc) is 2.85. The Labute approximate surface area is 84.9 Å². The summed E-state index contributed by atoms with van der Waals surface area (Å²) in [7, 11) is 0. The smallest absolute Gasteiger partial charge is 0.221 e. The minimum Gasteiger partial charge on any atom is -0.343 e. The van der Waals surface area contributed by atoms with Crippen molar-refractivity contribution in [1.82, 2.24) is 5.32 Å². The fraction of sp³-hybridized carbons (Fsp3) is 0.700. The fourth-order valence-corrected chi connectivity index (χ4v) is 1.67. The summed E-state index contributed by atoms with van der Waals surface area (Å²) >= 11 is 4.23. The molecule has 1 aliphatic carbocycles. The molecule has 0 heterocycles. The van der Waals surface area contributed by atoms with E-state index in [2.05, 4.69) is 23.9 Å². The topological polar surface area (TPSA) is 29.1 Å². The summed E-state index contributed by atoms with van der Waals surface area (Å²) in [5.74, 6) is 3.32. The van der Waals surface area contributed by atoms with Crippen LogP contribution in [0.2, 0.25) is 0 Å². The van der Waals surface area contributed by atoms with Crippen LogP contribution < -0.4 is 5.32 Å². The van der Waals surface area contributed by atoms with Gasteiger partial charge in [0.05, 0.1) is 6.04 Å². The van der Waals surface area contributed by atoms with E-state index in [0.717, 1.165) is 18.6 Å². The predicted molar refractivity (Wildman–Crippen MR) is 56.6 cm³/mol. The van der Waals surface area contributed by atoms with Gasteiger partial charge in [-0.15, -0.1) is 6.42 Å². The van der Waals surface area contributed by atoms with Gasteiger partial charge in [0.1, 0.15) is 0 Å². The Bertz CT molecular complexity index is 240. The largest absolute Gasteiger partial charge is 0.343 e. The van der Waals surface area contributed by atoms with Crippen LogP contribution in [0.25, 0.3) is 0 Å². The van der Waals surface area contributed by atoms with E-state index in [4.69, 9.17) is 6.42 Å². The highest BCUT2D eigenvalue weighted by Crippen LogP contribution is 2.49. The second-order valence-electron chi connectivity index (χ2n) is 3.79. The van der Waals surface area contributed by atoms with Gasteiger partial charge in [-0.1, -0.05) is 5.92 Å². The Morgan fingerprint density at radius 1 is 1.77 bits per heavy atom. The second kappa shape index (κ2) is 4.06. The van der Waals surface area contributed by atoms with Crippen molar-refractivity contribution in [2.75, 3.05) is 5.75 Å².